The number of aliphatic imine (C=N–C) groups is 1. The number of ether oxygens (including phenoxy) is 1. The summed E-state index contributed by atoms with van der Waals surface area (Å²) in [4.78, 5) is 4.54. The third kappa shape index (κ3) is 6.12. The lowest BCUT2D eigenvalue weighted by molar-refractivity contribution is 0.145. The average Bonchev–Trinajstić information content (AvgIpc) is 2.47. The number of rotatable bonds is 8. The van der Waals surface area contributed by atoms with Crippen LogP contribution in [0.3, 0.4) is 0 Å². The summed E-state index contributed by atoms with van der Waals surface area (Å²) in [7, 11) is 0. The molecule has 2 rings (SSSR count). The Labute approximate surface area is 161 Å². The lowest BCUT2D eigenvalue weighted by Crippen LogP contribution is -2.40. The van der Waals surface area contributed by atoms with Crippen LogP contribution in [0.4, 0.5) is 0 Å². The summed E-state index contributed by atoms with van der Waals surface area (Å²) in [5.74, 6) is 0.525. The number of benzene rings is 1. The van der Waals surface area contributed by atoms with Crippen molar-refractivity contribution in [2.24, 2.45) is 10.7 Å². The SMILES string of the molecule is CCOCCCNC(N)=NCC1(c2ccc(Cl)cc2)CCC1.I. The van der Waals surface area contributed by atoms with Crippen molar-refractivity contribution >= 4 is 41.5 Å². The first-order valence-corrected chi connectivity index (χ1v) is 8.42. The number of guanidine groups is 1. The number of nitrogens with two attached hydrogens (primary N) is 1. The van der Waals surface area contributed by atoms with E-state index in [0.717, 1.165) is 50.6 Å². The number of nitrogens with one attached hydrogen (secondary N) is 1. The summed E-state index contributed by atoms with van der Waals surface area (Å²) in [6.45, 7) is 5.04. The van der Waals surface area contributed by atoms with Gasteiger partial charge >= 0.3 is 0 Å². The van der Waals surface area contributed by atoms with Crippen LogP contribution < -0.4 is 11.1 Å². The van der Waals surface area contributed by atoms with Gasteiger partial charge in [0.2, 0.25) is 0 Å². The van der Waals surface area contributed by atoms with Gasteiger partial charge in [0.25, 0.3) is 0 Å². The van der Waals surface area contributed by atoms with E-state index in [-0.39, 0.29) is 29.4 Å². The van der Waals surface area contributed by atoms with Crippen LogP contribution in [-0.2, 0) is 10.2 Å². The molecular formula is C17H27ClIN3O. The van der Waals surface area contributed by atoms with Gasteiger partial charge in [-0.15, -0.1) is 24.0 Å². The van der Waals surface area contributed by atoms with Gasteiger partial charge in [-0.05, 0) is 43.9 Å². The average molecular weight is 452 g/mol. The molecule has 23 heavy (non-hydrogen) atoms. The van der Waals surface area contributed by atoms with Gasteiger partial charge in [-0.25, -0.2) is 0 Å². The van der Waals surface area contributed by atoms with Crippen molar-refractivity contribution in [3.63, 3.8) is 0 Å². The van der Waals surface area contributed by atoms with Crippen molar-refractivity contribution in [1.82, 2.24) is 5.32 Å². The van der Waals surface area contributed by atoms with Crippen molar-refractivity contribution in [1.29, 1.82) is 0 Å². The molecule has 6 heteroatoms. The molecule has 0 bridgehead atoms. The molecule has 0 radical (unpaired) electrons. The second-order valence-corrected chi connectivity index (χ2v) is 6.26. The Kier molecular flexibility index (Phi) is 9.24. The zero-order valence-corrected chi connectivity index (χ0v) is 16.8. The van der Waals surface area contributed by atoms with Crippen molar-refractivity contribution < 1.29 is 4.74 Å². The fraction of sp³-hybridized carbons (Fsp3) is 0.588. The molecule has 3 N–H and O–H groups in total. The van der Waals surface area contributed by atoms with E-state index in [1.54, 1.807) is 0 Å². The van der Waals surface area contributed by atoms with E-state index >= 15 is 0 Å². The molecule has 0 amide bonds. The van der Waals surface area contributed by atoms with E-state index in [1.807, 2.05) is 19.1 Å². The first-order valence-electron chi connectivity index (χ1n) is 8.04. The number of halogens is 2. The molecule has 1 aliphatic rings. The summed E-state index contributed by atoms with van der Waals surface area (Å²) in [5.41, 5.74) is 7.41. The van der Waals surface area contributed by atoms with Gasteiger partial charge in [0.15, 0.2) is 5.96 Å². The van der Waals surface area contributed by atoms with Crippen LogP contribution in [0.2, 0.25) is 5.02 Å². The summed E-state index contributed by atoms with van der Waals surface area (Å²) < 4.78 is 5.29. The Balaban J connectivity index is 0.00000264. The van der Waals surface area contributed by atoms with Crippen molar-refractivity contribution in [3.05, 3.63) is 34.9 Å². The van der Waals surface area contributed by atoms with Crippen LogP contribution in [0.25, 0.3) is 0 Å². The van der Waals surface area contributed by atoms with Gasteiger partial charge in [0, 0.05) is 30.2 Å². The lowest BCUT2D eigenvalue weighted by atomic mass is 9.64. The van der Waals surface area contributed by atoms with E-state index < -0.39 is 0 Å². The van der Waals surface area contributed by atoms with Crippen LogP contribution in [0, 0.1) is 0 Å². The molecule has 1 aliphatic carbocycles. The second-order valence-electron chi connectivity index (χ2n) is 5.82. The molecule has 0 spiro atoms. The summed E-state index contributed by atoms with van der Waals surface area (Å²) in [6.07, 6.45) is 4.51. The Hall–Kier alpha value is -0.530. The normalized spacial score (nSPS) is 16.3. The highest BCUT2D eigenvalue weighted by Crippen LogP contribution is 2.44. The van der Waals surface area contributed by atoms with Gasteiger partial charge in [0.05, 0.1) is 6.54 Å². The zero-order valence-electron chi connectivity index (χ0n) is 13.7. The smallest absolute Gasteiger partial charge is 0.188 e. The summed E-state index contributed by atoms with van der Waals surface area (Å²) >= 11 is 5.98. The molecule has 0 saturated heterocycles. The molecule has 1 aromatic carbocycles. The fourth-order valence-electron chi connectivity index (χ4n) is 2.77. The maximum atomic E-state index is 5.98. The standard InChI is InChI=1S/C17H26ClN3O.HI/c1-2-22-12-4-11-20-16(19)21-13-17(9-3-10-17)14-5-7-15(18)8-6-14;/h5-8H,2-4,9-13H2,1H3,(H3,19,20,21);1H. The third-order valence-corrected chi connectivity index (χ3v) is 4.55. The molecule has 0 unspecified atom stereocenters. The molecule has 1 fully saturated rings. The summed E-state index contributed by atoms with van der Waals surface area (Å²) in [6, 6.07) is 8.14. The summed E-state index contributed by atoms with van der Waals surface area (Å²) in [5, 5.41) is 3.92. The number of hydrogen-bond donors (Lipinski definition) is 2. The van der Waals surface area contributed by atoms with Crippen LogP contribution in [0.1, 0.15) is 38.2 Å². The van der Waals surface area contributed by atoms with Gasteiger partial charge in [-0.3, -0.25) is 4.99 Å². The van der Waals surface area contributed by atoms with E-state index in [1.165, 1.54) is 12.0 Å². The molecule has 0 aliphatic heterocycles. The highest BCUT2D eigenvalue weighted by Gasteiger charge is 2.38. The van der Waals surface area contributed by atoms with Gasteiger partial charge in [0.1, 0.15) is 0 Å². The quantitative estimate of drug-likeness (QED) is 0.274. The van der Waals surface area contributed by atoms with Crippen LogP contribution in [0.5, 0.6) is 0 Å². The van der Waals surface area contributed by atoms with Crippen LogP contribution >= 0.6 is 35.6 Å². The highest BCUT2D eigenvalue weighted by atomic mass is 127. The predicted octanol–water partition coefficient (Wildman–Crippen LogP) is 3.71. The van der Waals surface area contributed by atoms with E-state index in [9.17, 15) is 0 Å². The minimum atomic E-state index is 0. The van der Waals surface area contributed by atoms with Crippen molar-refractivity contribution in [2.75, 3.05) is 26.3 Å². The molecule has 1 saturated carbocycles. The largest absolute Gasteiger partial charge is 0.382 e. The zero-order chi connectivity index (χ0) is 15.8. The minimum Gasteiger partial charge on any atom is -0.382 e. The first kappa shape index (κ1) is 20.5. The topological polar surface area (TPSA) is 59.6 Å². The van der Waals surface area contributed by atoms with Gasteiger partial charge < -0.3 is 15.8 Å². The van der Waals surface area contributed by atoms with Crippen molar-refractivity contribution in [3.8, 4) is 0 Å². The highest BCUT2D eigenvalue weighted by molar-refractivity contribution is 14.0. The Morgan fingerprint density at radius 1 is 1.35 bits per heavy atom. The van der Waals surface area contributed by atoms with E-state index in [2.05, 4.69) is 22.4 Å². The Morgan fingerprint density at radius 3 is 2.61 bits per heavy atom. The second kappa shape index (κ2) is 10.4. The monoisotopic (exact) mass is 451 g/mol. The van der Waals surface area contributed by atoms with Crippen LogP contribution in [0.15, 0.2) is 29.3 Å². The molecule has 0 aromatic heterocycles. The molecule has 4 nitrogen and oxygen atoms in total. The molecule has 0 atom stereocenters. The van der Waals surface area contributed by atoms with E-state index in [0.29, 0.717) is 5.96 Å². The Bertz CT molecular complexity index is 489. The lowest BCUT2D eigenvalue weighted by Gasteiger charge is -2.41. The van der Waals surface area contributed by atoms with Crippen molar-refractivity contribution in [2.45, 2.75) is 38.0 Å². The predicted molar refractivity (Wildman–Crippen MR) is 108 cm³/mol. The maximum absolute atomic E-state index is 5.98. The number of hydrogen-bond acceptors (Lipinski definition) is 2. The molecular weight excluding hydrogens is 425 g/mol. The number of nitrogens with zero attached hydrogens (tertiary/aromatic N) is 1. The van der Waals surface area contributed by atoms with Gasteiger partial charge in [-0.1, -0.05) is 30.2 Å². The van der Waals surface area contributed by atoms with Gasteiger partial charge in [-0.2, -0.15) is 0 Å². The maximum Gasteiger partial charge on any atom is 0.188 e. The molecule has 130 valence electrons. The van der Waals surface area contributed by atoms with Crippen LogP contribution in [-0.4, -0.2) is 32.3 Å². The van der Waals surface area contributed by atoms with E-state index in [4.69, 9.17) is 22.1 Å². The fourth-order valence-corrected chi connectivity index (χ4v) is 2.90. The molecule has 0 heterocycles. The first-order chi connectivity index (χ1) is 10.7. The Morgan fingerprint density at radius 2 is 2.04 bits per heavy atom. The third-order valence-electron chi connectivity index (χ3n) is 4.30. The minimum absolute atomic E-state index is 0. The molecule has 1 aromatic rings.